The van der Waals surface area contributed by atoms with E-state index in [1.54, 1.807) is 9.80 Å². The Labute approximate surface area is 289 Å². The Hall–Kier alpha value is -2.60. The smallest absolute Gasteiger partial charge is 0.299 e. The van der Waals surface area contributed by atoms with E-state index < -0.39 is 5.66 Å². The second kappa shape index (κ2) is 26.4. The van der Waals surface area contributed by atoms with Crippen LogP contribution in [0.2, 0.25) is 0 Å². The van der Waals surface area contributed by atoms with Crippen molar-refractivity contribution in [3.8, 4) is 0 Å². The molecule has 0 spiro atoms. The summed E-state index contributed by atoms with van der Waals surface area (Å²) in [5, 5.41) is 23.7. The number of hydrogen-bond acceptors (Lipinski definition) is 9. The van der Waals surface area contributed by atoms with E-state index in [4.69, 9.17) is 28.0 Å². The SMILES string of the molecule is CC(C)NCCN(CCNC(=O)CCCCCCC(=O)NCCN(CCNC(C)(C)N)C(=O)CCSC(N)=[NH2+])C(=O)CCSC(N)=[NH2+]. The average molecular weight is 706 g/mol. The van der Waals surface area contributed by atoms with Gasteiger partial charge in [0.1, 0.15) is 0 Å². The van der Waals surface area contributed by atoms with E-state index in [-0.39, 0.29) is 34.0 Å². The van der Waals surface area contributed by atoms with Crippen molar-refractivity contribution in [2.45, 2.75) is 90.8 Å². The zero-order chi connectivity index (χ0) is 35.7. The van der Waals surface area contributed by atoms with Gasteiger partial charge in [0.05, 0.1) is 5.66 Å². The Kier molecular flexibility index (Phi) is 24.9. The number of hydrogen-bond donors (Lipinski definition) is 9. The molecule has 0 aliphatic heterocycles. The molecule has 0 atom stereocenters. The summed E-state index contributed by atoms with van der Waals surface area (Å²) >= 11 is 2.49. The third kappa shape index (κ3) is 28.2. The topological polar surface area (TPSA) is 252 Å². The summed E-state index contributed by atoms with van der Waals surface area (Å²) in [7, 11) is 0. The van der Waals surface area contributed by atoms with Crippen LogP contribution >= 0.6 is 23.5 Å². The molecule has 0 aliphatic carbocycles. The number of nitrogens with two attached hydrogens (primary N) is 5. The highest BCUT2D eigenvalue weighted by atomic mass is 32.2. The lowest BCUT2D eigenvalue weighted by molar-refractivity contribution is -0.131. The molecule has 47 heavy (non-hydrogen) atoms. The van der Waals surface area contributed by atoms with E-state index in [2.05, 4.69) is 21.3 Å². The van der Waals surface area contributed by atoms with Gasteiger partial charge in [0, 0.05) is 95.6 Å². The molecule has 15 nitrogen and oxygen atoms in total. The summed E-state index contributed by atoms with van der Waals surface area (Å²) in [5.74, 6) is 0.843. The lowest BCUT2D eigenvalue weighted by Crippen LogP contribution is -2.51. The van der Waals surface area contributed by atoms with Gasteiger partial charge in [0.2, 0.25) is 23.6 Å². The number of carbonyl (C=O) groups is 4. The molecular formula is C30H63N11O4S2+2. The molecule has 0 aromatic heterocycles. The van der Waals surface area contributed by atoms with Gasteiger partial charge in [-0.05, 0) is 50.2 Å². The minimum atomic E-state index is -0.556. The summed E-state index contributed by atoms with van der Waals surface area (Å²) in [6.45, 7) is 11.6. The van der Waals surface area contributed by atoms with Crippen molar-refractivity contribution in [1.29, 1.82) is 0 Å². The van der Waals surface area contributed by atoms with Crippen LogP contribution in [0.5, 0.6) is 0 Å². The standard InChI is InChI=1S/C30H61N11O4S2/c1-23(2)36-13-17-40(26(44)11-21-46-28(31)32)18-14-37-24(42)9-7-5-6-8-10-25(43)38-15-19-41(20-16-39-30(3,4)35)27(45)12-22-47-29(33)34/h23,36,39H,5-22,35H2,1-4H3,(H3,31,32)(H3,33,34)(H,37,42)(H,38,43)/p+2. The number of carbonyl (C=O) groups excluding carboxylic acids is 4. The summed E-state index contributed by atoms with van der Waals surface area (Å²) in [6.07, 6.45) is 4.50. The second-order valence-electron chi connectivity index (χ2n) is 12.1. The largest absolute Gasteiger partial charge is 0.354 e. The highest BCUT2D eigenvalue weighted by molar-refractivity contribution is 8.13. The fourth-order valence-corrected chi connectivity index (χ4v) is 5.34. The Bertz CT molecular complexity index is 965. The molecule has 4 amide bonds. The maximum absolute atomic E-state index is 12.7. The van der Waals surface area contributed by atoms with Crippen molar-refractivity contribution in [2.75, 3.05) is 63.9 Å². The molecule has 0 unspecified atom stereocenters. The summed E-state index contributed by atoms with van der Waals surface area (Å²) < 4.78 is 0. The normalized spacial score (nSPS) is 11.3. The number of rotatable bonds is 27. The van der Waals surface area contributed by atoms with E-state index in [1.807, 2.05) is 27.7 Å². The molecule has 0 saturated heterocycles. The van der Waals surface area contributed by atoms with Crippen LogP contribution in [0.1, 0.15) is 79.1 Å². The summed E-state index contributed by atoms with van der Waals surface area (Å²) in [6, 6.07) is 0.315. The van der Waals surface area contributed by atoms with Crippen molar-refractivity contribution in [2.24, 2.45) is 17.2 Å². The molecule has 0 fully saturated rings. The molecule has 14 N–H and O–H groups in total. The first-order valence-electron chi connectivity index (χ1n) is 16.5. The van der Waals surface area contributed by atoms with Gasteiger partial charge in [0.15, 0.2) is 0 Å². The highest BCUT2D eigenvalue weighted by Gasteiger charge is 2.17. The van der Waals surface area contributed by atoms with E-state index >= 15 is 0 Å². The van der Waals surface area contributed by atoms with Crippen LogP contribution in [0.3, 0.4) is 0 Å². The van der Waals surface area contributed by atoms with E-state index in [1.165, 1.54) is 23.5 Å². The quantitative estimate of drug-likeness (QED) is 0.0179. The number of thioether (sulfide) groups is 2. The molecular weight excluding hydrogens is 643 g/mol. The molecule has 0 saturated carbocycles. The first-order valence-corrected chi connectivity index (χ1v) is 18.5. The molecule has 0 bridgehead atoms. The van der Waals surface area contributed by atoms with Gasteiger partial charge in [-0.25, -0.2) is 0 Å². The van der Waals surface area contributed by atoms with Crippen molar-refractivity contribution in [1.82, 2.24) is 31.1 Å². The number of unbranched alkanes of at least 4 members (excludes halogenated alkanes) is 3. The van der Waals surface area contributed by atoms with Gasteiger partial charge in [-0.1, -0.05) is 26.7 Å². The van der Waals surface area contributed by atoms with Crippen LogP contribution in [-0.2, 0) is 19.2 Å². The predicted octanol–water partition coefficient (Wildman–Crippen LogP) is -3.11. The fourth-order valence-electron chi connectivity index (χ4n) is 4.31. The summed E-state index contributed by atoms with van der Waals surface area (Å²) in [5.41, 5.74) is 16.4. The van der Waals surface area contributed by atoms with Crippen molar-refractivity contribution >= 4 is 57.5 Å². The van der Waals surface area contributed by atoms with Crippen molar-refractivity contribution in [3.63, 3.8) is 0 Å². The third-order valence-electron chi connectivity index (χ3n) is 6.74. The minimum Gasteiger partial charge on any atom is -0.354 e. The van der Waals surface area contributed by atoms with Crippen LogP contribution in [-0.4, -0.2) is 119 Å². The Morgan fingerprint density at radius 3 is 1.47 bits per heavy atom. The van der Waals surface area contributed by atoms with Crippen LogP contribution in [0.25, 0.3) is 0 Å². The van der Waals surface area contributed by atoms with E-state index in [0.29, 0.717) is 102 Å². The Balaban J connectivity index is 4.30. The molecule has 0 radical (unpaired) electrons. The molecule has 272 valence electrons. The van der Waals surface area contributed by atoms with Gasteiger partial charge in [0.25, 0.3) is 10.3 Å². The maximum Gasteiger partial charge on any atom is 0.299 e. The highest BCUT2D eigenvalue weighted by Crippen LogP contribution is 2.07. The van der Waals surface area contributed by atoms with Gasteiger partial charge in [-0.15, -0.1) is 0 Å². The fraction of sp³-hybridized carbons (Fsp3) is 0.800. The van der Waals surface area contributed by atoms with Gasteiger partial charge in [-0.3, -0.25) is 46.8 Å². The molecule has 0 aliphatic rings. The van der Waals surface area contributed by atoms with Gasteiger partial charge in [-0.2, -0.15) is 0 Å². The van der Waals surface area contributed by atoms with Gasteiger partial charge < -0.3 is 31.5 Å². The molecule has 0 rings (SSSR count). The first-order chi connectivity index (χ1) is 22.1. The zero-order valence-corrected chi connectivity index (χ0v) is 30.7. The predicted molar refractivity (Wildman–Crippen MR) is 193 cm³/mol. The van der Waals surface area contributed by atoms with Crippen LogP contribution in [0.15, 0.2) is 0 Å². The number of nitrogens with zero attached hydrogens (tertiary/aromatic N) is 2. The zero-order valence-electron chi connectivity index (χ0n) is 29.0. The van der Waals surface area contributed by atoms with Crippen LogP contribution in [0, 0.1) is 0 Å². The van der Waals surface area contributed by atoms with Crippen LogP contribution in [0.4, 0.5) is 0 Å². The lowest BCUT2D eigenvalue weighted by atomic mass is 10.1. The molecule has 0 aromatic carbocycles. The van der Waals surface area contributed by atoms with Gasteiger partial charge >= 0.3 is 0 Å². The molecule has 0 aromatic rings. The van der Waals surface area contributed by atoms with Crippen molar-refractivity contribution in [3.05, 3.63) is 0 Å². The number of nitrogens with one attached hydrogen (secondary N) is 4. The number of amides is 4. The van der Waals surface area contributed by atoms with E-state index in [0.717, 1.165) is 19.3 Å². The summed E-state index contributed by atoms with van der Waals surface area (Å²) in [4.78, 5) is 53.5. The molecule has 17 heteroatoms. The first kappa shape index (κ1) is 44.4. The lowest BCUT2D eigenvalue weighted by Gasteiger charge is -2.26. The third-order valence-corrected chi connectivity index (χ3v) is 8.22. The molecule has 0 heterocycles. The van der Waals surface area contributed by atoms with E-state index in [9.17, 15) is 19.2 Å². The Morgan fingerprint density at radius 1 is 0.681 bits per heavy atom. The maximum atomic E-state index is 12.7. The second-order valence-corrected chi connectivity index (χ2v) is 14.5. The average Bonchev–Trinajstić information content (AvgIpc) is 2.96. The van der Waals surface area contributed by atoms with Crippen molar-refractivity contribution < 1.29 is 30.0 Å². The Morgan fingerprint density at radius 2 is 1.09 bits per heavy atom. The van der Waals surface area contributed by atoms with Crippen LogP contribution < -0.4 is 49.3 Å². The monoisotopic (exact) mass is 705 g/mol. The number of amidine groups is 2. The minimum absolute atomic E-state index is 0.000263.